The third-order valence-corrected chi connectivity index (χ3v) is 8.10. The molecule has 1 fully saturated rings. The molecular weight excluding hydrogens is 408 g/mol. The van der Waals surface area contributed by atoms with Crippen LogP contribution in [0.4, 0.5) is 5.69 Å². The summed E-state index contributed by atoms with van der Waals surface area (Å²) in [4.78, 5) is 24.0. The third kappa shape index (κ3) is 4.57. The number of anilines is 1. The van der Waals surface area contributed by atoms with Crippen LogP contribution in [0.5, 0.6) is 0 Å². The summed E-state index contributed by atoms with van der Waals surface area (Å²) in [5, 5.41) is 2.82. The predicted molar refractivity (Wildman–Crippen MR) is 106 cm³/mol. The van der Waals surface area contributed by atoms with Gasteiger partial charge in [0.15, 0.2) is 5.78 Å². The van der Waals surface area contributed by atoms with Gasteiger partial charge in [-0.05, 0) is 44.0 Å². The van der Waals surface area contributed by atoms with E-state index in [4.69, 9.17) is 11.6 Å². The second-order valence-corrected chi connectivity index (χ2v) is 10.2. The fraction of sp³-hybridized carbons (Fsp3) is 0.333. The van der Waals surface area contributed by atoms with Gasteiger partial charge < -0.3 is 5.32 Å². The van der Waals surface area contributed by atoms with E-state index in [0.717, 1.165) is 11.3 Å². The van der Waals surface area contributed by atoms with Crippen molar-refractivity contribution in [2.24, 2.45) is 5.92 Å². The molecule has 1 amide bonds. The number of halogens is 1. The van der Waals surface area contributed by atoms with Gasteiger partial charge in [0.05, 0.1) is 4.34 Å². The van der Waals surface area contributed by atoms with Crippen LogP contribution < -0.4 is 5.32 Å². The summed E-state index contributed by atoms with van der Waals surface area (Å²) >= 11 is 6.87. The molecule has 1 aromatic carbocycles. The minimum absolute atomic E-state index is 0.0710. The number of amides is 1. The fourth-order valence-electron chi connectivity index (χ4n) is 2.98. The Kier molecular flexibility index (Phi) is 6.00. The average Bonchev–Trinajstić information content (AvgIpc) is 3.09. The van der Waals surface area contributed by atoms with E-state index in [-0.39, 0.29) is 34.9 Å². The highest BCUT2D eigenvalue weighted by Crippen LogP contribution is 2.30. The van der Waals surface area contributed by atoms with Crippen LogP contribution in [0.3, 0.4) is 0 Å². The molecular formula is C18H19ClN2O4S2. The molecule has 1 aliphatic rings. The highest BCUT2D eigenvalue weighted by Gasteiger charge is 2.32. The minimum atomic E-state index is -3.57. The maximum Gasteiger partial charge on any atom is 0.252 e. The van der Waals surface area contributed by atoms with E-state index < -0.39 is 10.0 Å². The zero-order valence-corrected chi connectivity index (χ0v) is 17.0. The number of hydrogen-bond acceptors (Lipinski definition) is 5. The first-order valence-corrected chi connectivity index (χ1v) is 11.1. The van der Waals surface area contributed by atoms with E-state index in [1.807, 2.05) is 0 Å². The van der Waals surface area contributed by atoms with Gasteiger partial charge in [0.25, 0.3) is 10.0 Å². The zero-order chi connectivity index (χ0) is 19.6. The van der Waals surface area contributed by atoms with Gasteiger partial charge in [-0.2, -0.15) is 4.31 Å². The largest absolute Gasteiger partial charge is 0.326 e. The molecule has 27 heavy (non-hydrogen) atoms. The monoisotopic (exact) mass is 426 g/mol. The van der Waals surface area contributed by atoms with Gasteiger partial charge >= 0.3 is 0 Å². The Morgan fingerprint density at radius 2 is 1.89 bits per heavy atom. The van der Waals surface area contributed by atoms with Gasteiger partial charge in [-0.3, -0.25) is 9.59 Å². The quantitative estimate of drug-likeness (QED) is 0.739. The summed E-state index contributed by atoms with van der Waals surface area (Å²) in [6, 6.07) is 9.84. The van der Waals surface area contributed by atoms with Crippen LogP contribution in [-0.2, 0) is 14.8 Å². The molecule has 144 valence electrons. The third-order valence-electron chi connectivity index (χ3n) is 4.50. The Balaban J connectivity index is 1.61. The van der Waals surface area contributed by atoms with E-state index >= 15 is 0 Å². The Morgan fingerprint density at radius 3 is 2.48 bits per heavy atom. The lowest BCUT2D eigenvalue weighted by Crippen LogP contribution is -2.41. The molecule has 0 saturated carbocycles. The van der Waals surface area contributed by atoms with E-state index in [2.05, 4.69) is 5.32 Å². The minimum Gasteiger partial charge on any atom is -0.326 e. The number of ketones is 1. The second-order valence-electron chi connectivity index (χ2n) is 6.36. The summed E-state index contributed by atoms with van der Waals surface area (Å²) in [6.07, 6.45) is 0.882. The standard InChI is InChI=1S/C18H19ClN2O4S2/c1-12(22)14-3-2-4-15(11-14)20-18(23)13-7-9-21(10-8-13)27(24,25)17-6-5-16(19)26-17/h2-6,11,13H,7-10H2,1H3,(H,20,23). The van der Waals surface area contributed by atoms with Gasteiger partial charge in [-0.15, -0.1) is 11.3 Å². The Hall–Kier alpha value is -1.74. The van der Waals surface area contributed by atoms with Crippen molar-refractivity contribution in [1.82, 2.24) is 4.31 Å². The maximum absolute atomic E-state index is 12.6. The van der Waals surface area contributed by atoms with Crippen molar-refractivity contribution < 1.29 is 18.0 Å². The SMILES string of the molecule is CC(=O)c1cccc(NC(=O)C2CCN(S(=O)(=O)c3ccc(Cl)s3)CC2)c1. The van der Waals surface area contributed by atoms with Crippen molar-refractivity contribution in [3.63, 3.8) is 0 Å². The molecule has 6 nitrogen and oxygen atoms in total. The van der Waals surface area contributed by atoms with Crippen LogP contribution in [0.15, 0.2) is 40.6 Å². The van der Waals surface area contributed by atoms with Crippen LogP contribution in [0.1, 0.15) is 30.1 Å². The summed E-state index contributed by atoms with van der Waals surface area (Å²) in [5.41, 5.74) is 1.10. The van der Waals surface area contributed by atoms with Crippen LogP contribution in [0.25, 0.3) is 0 Å². The van der Waals surface area contributed by atoms with Crippen molar-refractivity contribution in [1.29, 1.82) is 0 Å². The normalized spacial score (nSPS) is 16.2. The van der Waals surface area contributed by atoms with E-state index in [0.29, 0.717) is 28.4 Å². The number of nitrogens with zero attached hydrogens (tertiary/aromatic N) is 1. The molecule has 0 atom stereocenters. The Labute approximate surface area is 167 Å². The van der Waals surface area contributed by atoms with Gasteiger partial charge in [0.2, 0.25) is 5.91 Å². The summed E-state index contributed by atoms with van der Waals surface area (Å²) in [7, 11) is -3.57. The first-order chi connectivity index (χ1) is 12.8. The molecule has 2 aromatic rings. The molecule has 1 aliphatic heterocycles. The first-order valence-electron chi connectivity index (χ1n) is 8.45. The molecule has 3 rings (SSSR count). The number of Topliss-reactive ketones (excluding diaryl/α,β-unsaturated/α-hetero) is 1. The van der Waals surface area contributed by atoms with Gasteiger partial charge in [-0.25, -0.2) is 8.42 Å². The van der Waals surface area contributed by atoms with Crippen LogP contribution in [0, 0.1) is 5.92 Å². The summed E-state index contributed by atoms with van der Waals surface area (Å²) in [6.45, 7) is 2.03. The number of hydrogen-bond donors (Lipinski definition) is 1. The number of benzene rings is 1. The highest BCUT2D eigenvalue weighted by molar-refractivity contribution is 7.91. The molecule has 0 radical (unpaired) electrons. The molecule has 1 saturated heterocycles. The summed E-state index contributed by atoms with van der Waals surface area (Å²) < 4.78 is 27.3. The first kappa shape index (κ1) is 20.0. The zero-order valence-electron chi connectivity index (χ0n) is 14.6. The number of sulfonamides is 1. The smallest absolute Gasteiger partial charge is 0.252 e. The molecule has 0 aliphatic carbocycles. The van der Waals surface area contributed by atoms with E-state index in [1.54, 1.807) is 30.3 Å². The number of piperidine rings is 1. The number of nitrogens with one attached hydrogen (secondary N) is 1. The topological polar surface area (TPSA) is 83.6 Å². The van der Waals surface area contributed by atoms with Crippen molar-refractivity contribution in [2.75, 3.05) is 18.4 Å². The van der Waals surface area contributed by atoms with Gasteiger partial charge in [0, 0.05) is 30.3 Å². The van der Waals surface area contributed by atoms with Crippen molar-refractivity contribution in [3.8, 4) is 0 Å². The van der Waals surface area contributed by atoms with Gasteiger partial charge in [-0.1, -0.05) is 23.7 Å². The number of rotatable bonds is 5. The maximum atomic E-state index is 12.6. The lowest BCUT2D eigenvalue weighted by molar-refractivity contribution is -0.120. The van der Waals surface area contributed by atoms with Gasteiger partial charge in [0.1, 0.15) is 4.21 Å². The molecule has 0 bridgehead atoms. The van der Waals surface area contributed by atoms with Crippen molar-refractivity contribution in [2.45, 2.75) is 24.0 Å². The number of carbonyl (C=O) groups is 2. The average molecular weight is 427 g/mol. The highest BCUT2D eigenvalue weighted by atomic mass is 35.5. The Morgan fingerprint density at radius 1 is 1.19 bits per heavy atom. The molecule has 1 N–H and O–H groups in total. The number of thiophene rings is 1. The van der Waals surface area contributed by atoms with Crippen molar-refractivity contribution in [3.05, 3.63) is 46.3 Å². The fourth-order valence-corrected chi connectivity index (χ4v) is 6.09. The van der Waals surface area contributed by atoms with E-state index in [9.17, 15) is 18.0 Å². The molecule has 0 spiro atoms. The summed E-state index contributed by atoms with van der Waals surface area (Å²) in [5.74, 6) is -0.505. The molecule has 0 unspecified atom stereocenters. The van der Waals surface area contributed by atoms with E-state index in [1.165, 1.54) is 17.3 Å². The predicted octanol–water partition coefficient (Wildman–Crippen LogP) is 3.64. The molecule has 1 aromatic heterocycles. The second kappa shape index (κ2) is 8.10. The van der Waals surface area contributed by atoms with Crippen LogP contribution in [0.2, 0.25) is 4.34 Å². The number of carbonyl (C=O) groups excluding carboxylic acids is 2. The molecule has 2 heterocycles. The lowest BCUT2D eigenvalue weighted by atomic mass is 9.97. The lowest BCUT2D eigenvalue weighted by Gasteiger charge is -2.30. The van der Waals surface area contributed by atoms with Crippen LogP contribution in [-0.4, -0.2) is 37.5 Å². The molecule has 9 heteroatoms. The Bertz CT molecular complexity index is 963. The van der Waals surface area contributed by atoms with Crippen LogP contribution >= 0.6 is 22.9 Å². The van der Waals surface area contributed by atoms with Crippen molar-refractivity contribution >= 4 is 50.3 Å².